The van der Waals surface area contributed by atoms with Crippen molar-refractivity contribution in [2.24, 2.45) is 10.7 Å². The molecule has 0 aromatic rings. The highest BCUT2D eigenvalue weighted by Gasteiger charge is 2.12. The minimum absolute atomic E-state index is 0. The Labute approximate surface area is 137 Å². The maximum Gasteiger partial charge on any atom is 0.222 e. The molecule has 0 spiro atoms. The van der Waals surface area contributed by atoms with Gasteiger partial charge in [-0.2, -0.15) is 11.8 Å². The van der Waals surface area contributed by atoms with E-state index in [0.29, 0.717) is 18.9 Å². The summed E-state index contributed by atoms with van der Waals surface area (Å²) in [5, 5.41) is 2.92. The summed E-state index contributed by atoms with van der Waals surface area (Å²) in [5.41, 5.74) is 5.90. The predicted molar refractivity (Wildman–Crippen MR) is 93.3 cm³/mol. The molecule has 1 rings (SSSR count). The first-order valence-electron chi connectivity index (χ1n) is 6.55. The molecule has 0 bridgehead atoms. The van der Waals surface area contributed by atoms with Gasteiger partial charge in [0.05, 0.1) is 6.54 Å². The van der Waals surface area contributed by atoms with Gasteiger partial charge in [-0.15, -0.1) is 24.0 Å². The fourth-order valence-corrected chi connectivity index (χ4v) is 2.52. The molecule has 0 saturated carbocycles. The second kappa shape index (κ2) is 10.6. The number of thioether (sulfide) groups is 1. The first kappa shape index (κ1) is 18.8. The first-order valence-corrected chi connectivity index (χ1v) is 7.71. The van der Waals surface area contributed by atoms with Crippen molar-refractivity contribution < 1.29 is 4.79 Å². The lowest BCUT2D eigenvalue weighted by molar-refractivity contribution is -0.121. The number of amides is 1. The fourth-order valence-electron chi connectivity index (χ4n) is 1.61. The second-order valence-electron chi connectivity index (χ2n) is 4.47. The van der Waals surface area contributed by atoms with Crippen molar-refractivity contribution >= 4 is 47.6 Å². The summed E-state index contributed by atoms with van der Waals surface area (Å²) in [6.07, 6.45) is 1.36. The normalized spacial score (nSPS) is 17.6. The van der Waals surface area contributed by atoms with E-state index in [0.717, 1.165) is 31.0 Å². The maximum atomic E-state index is 11.5. The number of halogens is 1. The van der Waals surface area contributed by atoms with Crippen LogP contribution < -0.4 is 11.1 Å². The van der Waals surface area contributed by atoms with Crippen LogP contribution in [0.3, 0.4) is 0 Å². The van der Waals surface area contributed by atoms with Crippen molar-refractivity contribution in [2.45, 2.75) is 32.7 Å². The molecule has 1 amide bonds. The smallest absolute Gasteiger partial charge is 0.222 e. The lowest BCUT2D eigenvalue weighted by atomic mass is 10.2. The fraction of sp³-hybridized carbons (Fsp3) is 0.833. The Bertz CT molecular complexity index is 295. The number of aliphatic imine (C=N–C) groups is 1. The number of carbonyl (C=O) groups is 1. The number of nitrogens with two attached hydrogens (primary N) is 1. The molecule has 7 heteroatoms. The van der Waals surface area contributed by atoms with E-state index in [1.54, 1.807) is 0 Å². The van der Waals surface area contributed by atoms with Gasteiger partial charge in [0.25, 0.3) is 0 Å². The Morgan fingerprint density at radius 3 is 2.68 bits per heavy atom. The van der Waals surface area contributed by atoms with E-state index >= 15 is 0 Å². The maximum absolute atomic E-state index is 11.5. The van der Waals surface area contributed by atoms with Crippen molar-refractivity contribution in [2.75, 3.05) is 31.1 Å². The zero-order chi connectivity index (χ0) is 13.4. The van der Waals surface area contributed by atoms with Crippen LogP contribution in [0.1, 0.15) is 26.7 Å². The third-order valence-electron chi connectivity index (χ3n) is 2.97. The molecule has 19 heavy (non-hydrogen) atoms. The third-order valence-corrected chi connectivity index (χ3v) is 3.91. The highest BCUT2D eigenvalue weighted by Crippen LogP contribution is 2.08. The number of nitrogens with zero attached hydrogens (tertiary/aromatic N) is 2. The quantitative estimate of drug-likeness (QED) is 0.414. The van der Waals surface area contributed by atoms with Gasteiger partial charge in [-0.1, -0.05) is 6.92 Å². The van der Waals surface area contributed by atoms with Crippen LogP contribution in [0.4, 0.5) is 0 Å². The SMILES string of the molecule is CCC(C)NC(=O)CCN=C(N)N1CCSCC1.I. The van der Waals surface area contributed by atoms with E-state index in [1.165, 1.54) is 0 Å². The summed E-state index contributed by atoms with van der Waals surface area (Å²) in [5.74, 6) is 2.83. The van der Waals surface area contributed by atoms with Crippen LogP contribution in [0.15, 0.2) is 4.99 Å². The summed E-state index contributed by atoms with van der Waals surface area (Å²) in [7, 11) is 0. The first-order chi connectivity index (χ1) is 8.63. The average molecular weight is 400 g/mol. The Kier molecular flexibility index (Phi) is 10.5. The Balaban J connectivity index is 0.00000324. The van der Waals surface area contributed by atoms with Gasteiger partial charge in [0.2, 0.25) is 5.91 Å². The summed E-state index contributed by atoms with van der Waals surface area (Å²) in [6, 6.07) is 0.234. The molecule has 1 aliphatic heterocycles. The van der Waals surface area contributed by atoms with Gasteiger partial charge in [0.15, 0.2) is 5.96 Å². The molecule has 1 aliphatic rings. The number of carbonyl (C=O) groups excluding carboxylic acids is 1. The molecule has 1 fully saturated rings. The molecule has 0 aromatic heterocycles. The van der Waals surface area contributed by atoms with Crippen molar-refractivity contribution in [1.29, 1.82) is 0 Å². The topological polar surface area (TPSA) is 70.7 Å². The zero-order valence-corrected chi connectivity index (χ0v) is 14.9. The van der Waals surface area contributed by atoms with Gasteiger partial charge in [-0.05, 0) is 13.3 Å². The highest BCUT2D eigenvalue weighted by atomic mass is 127. The van der Waals surface area contributed by atoms with Crippen LogP contribution in [0.2, 0.25) is 0 Å². The van der Waals surface area contributed by atoms with Crippen LogP contribution in [0.5, 0.6) is 0 Å². The Morgan fingerprint density at radius 2 is 2.11 bits per heavy atom. The summed E-state index contributed by atoms with van der Waals surface area (Å²) in [4.78, 5) is 17.9. The van der Waals surface area contributed by atoms with Gasteiger partial charge in [0, 0.05) is 37.1 Å². The average Bonchev–Trinajstić information content (AvgIpc) is 2.39. The molecular formula is C12H25IN4OS. The standard InChI is InChI=1S/C12H24N4OS.HI/c1-3-10(2)15-11(17)4-5-14-12(13)16-6-8-18-9-7-16;/h10H,3-9H2,1-2H3,(H2,13,14)(H,15,17);1H. The van der Waals surface area contributed by atoms with Gasteiger partial charge in [-0.25, -0.2) is 0 Å². The van der Waals surface area contributed by atoms with E-state index in [1.807, 2.05) is 18.7 Å². The molecule has 5 nitrogen and oxygen atoms in total. The molecular weight excluding hydrogens is 375 g/mol. The van der Waals surface area contributed by atoms with Crippen molar-refractivity contribution in [3.63, 3.8) is 0 Å². The van der Waals surface area contributed by atoms with Crippen molar-refractivity contribution in [1.82, 2.24) is 10.2 Å². The number of rotatable bonds is 5. The van der Waals surface area contributed by atoms with Crippen LogP contribution in [-0.2, 0) is 4.79 Å². The molecule has 1 unspecified atom stereocenters. The number of hydrogen-bond donors (Lipinski definition) is 2. The van der Waals surface area contributed by atoms with Crippen LogP contribution in [0.25, 0.3) is 0 Å². The van der Waals surface area contributed by atoms with Gasteiger partial charge < -0.3 is 16.0 Å². The molecule has 1 atom stereocenters. The van der Waals surface area contributed by atoms with Gasteiger partial charge in [0.1, 0.15) is 0 Å². The lowest BCUT2D eigenvalue weighted by Crippen LogP contribution is -2.42. The van der Waals surface area contributed by atoms with E-state index in [9.17, 15) is 4.79 Å². The minimum atomic E-state index is 0. The van der Waals surface area contributed by atoms with E-state index in [4.69, 9.17) is 5.73 Å². The molecule has 1 heterocycles. The number of hydrogen-bond acceptors (Lipinski definition) is 3. The van der Waals surface area contributed by atoms with Gasteiger partial charge in [-0.3, -0.25) is 9.79 Å². The van der Waals surface area contributed by atoms with E-state index in [2.05, 4.69) is 22.1 Å². The van der Waals surface area contributed by atoms with E-state index < -0.39 is 0 Å². The molecule has 0 aliphatic carbocycles. The van der Waals surface area contributed by atoms with Crippen molar-refractivity contribution in [3.05, 3.63) is 0 Å². The van der Waals surface area contributed by atoms with Crippen LogP contribution in [-0.4, -0.2) is 53.9 Å². The highest BCUT2D eigenvalue weighted by molar-refractivity contribution is 14.0. The lowest BCUT2D eigenvalue weighted by Gasteiger charge is -2.27. The van der Waals surface area contributed by atoms with E-state index in [-0.39, 0.29) is 35.9 Å². The molecule has 0 radical (unpaired) electrons. The number of guanidine groups is 1. The van der Waals surface area contributed by atoms with Crippen molar-refractivity contribution in [3.8, 4) is 0 Å². The second-order valence-corrected chi connectivity index (χ2v) is 5.69. The molecule has 3 N–H and O–H groups in total. The summed E-state index contributed by atoms with van der Waals surface area (Å²) < 4.78 is 0. The molecule has 112 valence electrons. The summed E-state index contributed by atoms with van der Waals surface area (Å²) >= 11 is 1.94. The molecule has 0 aromatic carbocycles. The van der Waals surface area contributed by atoms with Crippen LogP contribution in [0, 0.1) is 0 Å². The largest absolute Gasteiger partial charge is 0.370 e. The third kappa shape index (κ3) is 7.86. The summed E-state index contributed by atoms with van der Waals surface area (Å²) in [6.45, 7) is 6.44. The number of nitrogens with one attached hydrogen (secondary N) is 1. The molecule has 1 saturated heterocycles. The Morgan fingerprint density at radius 1 is 1.47 bits per heavy atom. The van der Waals surface area contributed by atoms with Gasteiger partial charge >= 0.3 is 0 Å². The minimum Gasteiger partial charge on any atom is -0.370 e. The monoisotopic (exact) mass is 400 g/mol. The Hall–Kier alpha value is -0.180. The predicted octanol–water partition coefficient (Wildman–Crippen LogP) is 1.27. The van der Waals surface area contributed by atoms with Crippen LogP contribution >= 0.6 is 35.7 Å². The zero-order valence-electron chi connectivity index (χ0n) is 11.7.